The first kappa shape index (κ1) is 15.2. The molecule has 0 aliphatic carbocycles. The summed E-state index contributed by atoms with van der Waals surface area (Å²) in [7, 11) is -3.35. The minimum Gasteiger partial charge on any atom is -0.313 e. The van der Waals surface area contributed by atoms with E-state index in [1.165, 1.54) is 11.3 Å². The fourth-order valence-electron chi connectivity index (χ4n) is 1.74. The predicted octanol–water partition coefficient (Wildman–Crippen LogP) is 2.34. The maximum atomic E-state index is 11.9. The van der Waals surface area contributed by atoms with E-state index in [1.807, 2.05) is 39.0 Å². The van der Waals surface area contributed by atoms with E-state index in [2.05, 4.69) is 15.0 Å². The minimum atomic E-state index is -3.35. The maximum absolute atomic E-state index is 11.9. The van der Waals surface area contributed by atoms with Gasteiger partial charge in [-0.25, -0.2) is 13.4 Å². The van der Waals surface area contributed by atoms with Crippen LogP contribution >= 0.6 is 11.3 Å². The molecule has 0 radical (unpaired) electrons. The zero-order valence-electron chi connectivity index (χ0n) is 11.8. The van der Waals surface area contributed by atoms with Crippen LogP contribution in [0, 0.1) is 6.92 Å². The van der Waals surface area contributed by atoms with Gasteiger partial charge in [0.1, 0.15) is 0 Å². The monoisotopic (exact) mass is 313 g/mol. The summed E-state index contributed by atoms with van der Waals surface area (Å²) in [4.78, 5) is 4.29. The molecule has 0 saturated heterocycles. The Balaban J connectivity index is 2.07. The van der Waals surface area contributed by atoms with Gasteiger partial charge >= 0.3 is 0 Å². The van der Waals surface area contributed by atoms with Crippen molar-refractivity contribution in [3.63, 3.8) is 0 Å². The Bertz CT molecular complexity index is 693. The van der Waals surface area contributed by atoms with Crippen molar-refractivity contribution in [1.82, 2.24) is 10.3 Å². The Morgan fingerprint density at radius 2 is 2.10 bits per heavy atom. The van der Waals surface area contributed by atoms with Gasteiger partial charge in [0.2, 0.25) is 10.0 Å². The Kier molecular flexibility index (Phi) is 4.62. The Morgan fingerprint density at radius 1 is 1.35 bits per heavy atom. The van der Waals surface area contributed by atoms with Crippen molar-refractivity contribution in [3.8, 4) is 0 Å². The number of aryl methyl sites for hydroxylation is 1. The first-order chi connectivity index (χ1) is 9.35. The van der Waals surface area contributed by atoms with Gasteiger partial charge in [-0.15, -0.1) is 0 Å². The van der Waals surface area contributed by atoms with E-state index < -0.39 is 10.0 Å². The number of sulfonamides is 1. The Morgan fingerprint density at radius 3 is 2.80 bits per heavy atom. The van der Waals surface area contributed by atoms with Crippen molar-refractivity contribution < 1.29 is 8.42 Å². The number of hydrogen-bond donors (Lipinski definition) is 2. The fraction of sp³-hybridized carbons (Fsp3) is 0.462. The van der Waals surface area contributed by atoms with Crippen molar-refractivity contribution in [2.24, 2.45) is 0 Å². The molecule has 1 aromatic carbocycles. The van der Waals surface area contributed by atoms with E-state index in [1.54, 1.807) is 0 Å². The van der Waals surface area contributed by atoms with Gasteiger partial charge in [-0.1, -0.05) is 31.3 Å². The molecule has 0 aliphatic rings. The normalized spacial score (nSPS) is 12.2. The van der Waals surface area contributed by atoms with E-state index in [-0.39, 0.29) is 11.8 Å². The number of hydrogen-bond acceptors (Lipinski definition) is 5. The van der Waals surface area contributed by atoms with Crippen molar-refractivity contribution in [2.75, 3.05) is 17.0 Å². The molecule has 0 amide bonds. The zero-order valence-corrected chi connectivity index (χ0v) is 13.4. The third-order valence-corrected chi connectivity index (χ3v) is 5.02. The number of aromatic nitrogens is 1. The van der Waals surface area contributed by atoms with Crippen LogP contribution in [-0.4, -0.2) is 31.7 Å². The Labute approximate surface area is 123 Å². The molecular weight excluding hydrogens is 294 g/mol. The second kappa shape index (κ2) is 6.07. The third-order valence-electron chi connectivity index (χ3n) is 2.71. The van der Waals surface area contributed by atoms with Gasteiger partial charge in [0, 0.05) is 12.6 Å². The lowest BCUT2D eigenvalue weighted by atomic mass is 10.2. The van der Waals surface area contributed by atoms with E-state index in [9.17, 15) is 8.42 Å². The Hall–Kier alpha value is -1.18. The summed E-state index contributed by atoms with van der Waals surface area (Å²) in [5, 5.41) is 3.51. The van der Waals surface area contributed by atoms with Gasteiger partial charge in [-0.2, -0.15) is 0 Å². The second-order valence-corrected chi connectivity index (χ2v) is 7.89. The summed E-state index contributed by atoms with van der Waals surface area (Å²) in [6.45, 7) is 6.39. The average molecular weight is 313 g/mol. The van der Waals surface area contributed by atoms with Crippen LogP contribution in [0.5, 0.6) is 0 Å². The molecular formula is C13H19N3O2S2. The van der Waals surface area contributed by atoms with E-state index in [0.717, 1.165) is 15.8 Å². The van der Waals surface area contributed by atoms with E-state index >= 15 is 0 Å². The van der Waals surface area contributed by atoms with E-state index in [4.69, 9.17) is 0 Å². The lowest BCUT2D eigenvalue weighted by Gasteiger charge is -2.08. The number of fused-ring (bicyclic) bond motifs is 1. The van der Waals surface area contributed by atoms with Gasteiger partial charge in [0.15, 0.2) is 5.13 Å². The number of rotatable bonds is 6. The molecule has 5 nitrogen and oxygen atoms in total. The van der Waals surface area contributed by atoms with Crippen LogP contribution in [0.4, 0.5) is 5.13 Å². The van der Waals surface area contributed by atoms with Crippen LogP contribution < -0.4 is 10.0 Å². The molecule has 110 valence electrons. The molecule has 0 bridgehead atoms. The molecule has 0 spiro atoms. The van der Waals surface area contributed by atoms with E-state index in [0.29, 0.717) is 11.7 Å². The van der Waals surface area contributed by atoms with Gasteiger partial charge in [-0.05, 0) is 24.6 Å². The lowest BCUT2D eigenvalue weighted by Crippen LogP contribution is -2.30. The molecule has 1 aromatic heterocycles. The molecule has 20 heavy (non-hydrogen) atoms. The highest BCUT2D eigenvalue weighted by Gasteiger charge is 2.13. The topological polar surface area (TPSA) is 71.1 Å². The van der Waals surface area contributed by atoms with Crippen LogP contribution in [0.25, 0.3) is 10.2 Å². The largest absolute Gasteiger partial charge is 0.313 e. The molecule has 7 heteroatoms. The maximum Gasteiger partial charge on any atom is 0.235 e. The SMILES string of the molecule is Cc1ccc2nc(NS(=O)(=O)CCNC(C)C)sc2c1. The molecule has 2 N–H and O–H groups in total. The molecule has 0 aliphatic heterocycles. The summed E-state index contributed by atoms with van der Waals surface area (Å²) in [5.41, 5.74) is 1.95. The standard InChI is InChI=1S/C13H19N3O2S2/c1-9(2)14-6-7-20(17,18)16-13-15-11-5-4-10(3)8-12(11)19-13/h4-5,8-9,14H,6-7H2,1-3H3,(H,15,16). The van der Waals surface area contributed by atoms with Gasteiger partial charge in [0.25, 0.3) is 0 Å². The highest BCUT2D eigenvalue weighted by Crippen LogP contribution is 2.27. The minimum absolute atomic E-state index is 0.0418. The lowest BCUT2D eigenvalue weighted by molar-refractivity contribution is 0.582. The highest BCUT2D eigenvalue weighted by molar-refractivity contribution is 7.92. The van der Waals surface area contributed by atoms with Crippen molar-refractivity contribution in [3.05, 3.63) is 23.8 Å². The summed E-state index contributed by atoms with van der Waals surface area (Å²) in [6.07, 6.45) is 0. The average Bonchev–Trinajstić information content (AvgIpc) is 2.68. The van der Waals surface area contributed by atoms with Gasteiger partial charge in [0.05, 0.1) is 16.0 Å². The molecule has 0 saturated carbocycles. The summed E-state index contributed by atoms with van der Waals surface area (Å²) in [6, 6.07) is 6.15. The first-order valence-electron chi connectivity index (χ1n) is 6.47. The predicted molar refractivity (Wildman–Crippen MR) is 84.9 cm³/mol. The number of nitrogens with zero attached hydrogens (tertiary/aromatic N) is 1. The number of nitrogens with one attached hydrogen (secondary N) is 2. The van der Waals surface area contributed by atoms with Crippen LogP contribution in [0.1, 0.15) is 19.4 Å². The number of thiazole rings is 1. The third kappa shape index (κ3) is 4.16. The molecule has 0 unspecified atom stereocenters. The smallest absolute Gasteiger partial charge is 0.235 e. The summed E-state index contributed by atoms with van der Waals surface area (Å²) >= 11 is 1.36. The fourth-order valence-corrected chi connectivity index (χ4v) is 3.90. The van der Waals surface area contributed by atoms with Crippen molar-refractivity contribution in [2.45, 2.75) is 26.8 Å². The molecule has 2 aromatic rings. The van der Waals surface area contributed by atoms with Gasteiger partial charge < -0.3 is 5.32 Å². The second-order valence-electron chi connectivity index (χ2n) is 5.02. The van der Waals surface area contributed by atoms with Crippen LogP contribution in [0.15, 0.2) is 18.2 Å². The zero-order chi connectivity index (χ0) is 14.8. The number of anilines is 1. The summed E-state index contributed by atoms with van der Waals surface area (Å²) < 4.78 is 27.4. The molecule has 1 heterocycles. The van der Waals surface area contributed by atoms with Crippen molar-refractivity contribution >= 4 is 36.7 Å². The van der Waals surface area contributed by atoms with Crippen molar-refractivity contribution in [1.29, 1.82) is 0 Å². The van der Waals surface area contributed by atoms with Crippen LogP contribution in [-0.2, 0) is 10.0 Å². The van der Waals surface area contributed by atoms with Gasteiger partial charge in [-0.3, -0.25) is 4.72 Å². The molecule has 2 rings (SSSR count). The van der Waals surface area contributed by atoms with Crippen LogP contribution in [0.3, 0.4) is 0 Å². The molecule has 0 fully saturated rings. The quantitative estimate of drug-likeness (QED) is 0.859. The van der Waals surface area contributed by atoms with Crippen LogP contribution in [0.2, 0.25) is 0 Å². The summed E-state index contributed by atoms with van der Waals surface area (Å²) in [5.74, 6) is 0.0418. The highest BCUT2D eigenvalue weighted by atomic mass is 32.2. The molecule has 0 atom stereocenters. The first-order valence-corrected chi connectivity index (χ1v) is 8.94. The number of benzene rings is 1.